The second kappa shape index (κ2) is 8.21. The van der Waals surface area contributed by atoms with Crippen LogP contribution in [0.5, 0.6) is 5.75 Å². The summed E-state index contributed by atoms with van der Waals surface area (Å²) >= 11 is 0. The van der Waals surface area contributed by atoms with Gasteiger partial charge in [-0.05, 0) is 50.2 Å². The molecular weight excluding hydrogens is 442 g/mol. The van der Waals surface area contributed by atoms with E-state index in [1.807, 2.05) is 13.8 Å². The number of phenols is 1. The van der Waals surface area contributed by atoms with Crippen molar-refractivity contribution in [3.8, 4) is 5.75 Å². The van der Waals surface area contributed by atoms with Crippen molar-refractivity contribution in [2.24, 2.45) is 0 Å². The fraction of sp³-hybridized carbons (Fsp3) is 0.565. The summed E-state index contributed by atoms with van der Waals surface area (Å²) in [4.78, 5) is 17.1. The lowest BCUT2D eigenvalue weighted by atomic mass is 10.2. The fourth-order valence-corrected chi connectivity index (χ4v) is 4.84. The summed E-state index contributed by atoms with van der Waals surface area (Å²) in [6.07, 6.45) is -0.793. The summed E-state index contributed by atoms with van der Waals surface area (Å²) in [5, 5.41) is 12.9. The van der Waals surface area contributed by atoms with Gasteiger partial charge in [-0.15, -0.1) is 0 Å². The number of hydrogen-bond donors (Lipinski definition) is 2. The normalized spacial score (nSPS) is 26.9. The highest BCUT2D eigenvalue weighted by Gasteiger charge is 2.58. The Balaban J connectivity index is 1.60. The highest BCUT2D eigenvalue weighted by atomic mass is 28.4. The van der Waals surface area contributed by atoms with Crippen molar-refractivity contribution in [2.45, 2.75) is 83.3 Å². The number of hydrogen-bond acceptors (Lipinski definition) is 8. The van der Waals surface area contributed by atoms with Gasteiger partial charge in [0.15, 0.2) is 26.6 Å². The molecule has 2 aromatic rings. The van der Waals surface area contributed by atoms with Crippen molar-refractivity contribution in [3.63, 3.8) is 0 Å². The number of phenolic OH excluding ortho intramolecular Hbond substituents is 1. The number of rotatable bonds is 5. The lowest BCUT2D eigenvalue weighted by Crippen LogP contribution is -2.47. The van der Waals surface area contributed by atoms with Crippen LogP contribution in [-0.4, -0.2) is 47.3 Å². The third kappa shape index (κ3) is 4.71. The number of para-hydroxylation sites is 2. The van der Waals surface area contributed by atoms with E-state index in [-0.39, 0.29) is 10.8 Å². The number of aromatic hydroxyl groups is 1. The van der Waals surface area contributed by atoms with E-state index in [2.05, 4.69) is 44.2 Å². The lowest BCUT2D eigenvalue weighted by molar-refractivity contribution is -0.227. The standard InChI is InChI=1S/C23H33N3O6Si/c1-22(2,3)33(6,7)32-20-18-17(30-23(4,5)31-18)19(29-20)26-13-12-16(25-21(26)28)24-14-10-8-9-11-15(14)27/h8-13,17-20,27H,1-7H3,(H,24,25,28)/t17-,18+,19-,20-/m1/s1. The van der Waals surface area contributed by atoms with E-state index >= 15 is 0 Å². The summed E-state index contributed by atoms with van der Waals surface area (Å²) in [6, 6.07) is 8.39. The van der Waals surface area contributed by atoms with Gasteiger partial charge in [0.05, 0.1) is 5.69 Å². The molecule has 4 atom stereocenters. The van der Waals surface area contributed by atoms with E-state index < -0.39 is 44.5 Å². The molecule has 180 valence electrons. The molecule has 0 aliphatic carbocycles. The Bertz CT molecular complexity index is 1080. The molecule has 0 radical (unpaired) electrons. The average Bonchev–Trinajstić information content (AvgIpc) is 3.16. The maximum atomic E-state index is 12.9. The molecule has 2 saturated heterocycles. The Hall–Kier alpha value is -2.24. The van der Waals surface area contributed by atoms with Crippen LogP contribution in [0, 0.1) is 0 Å². The van der Waals surface area contributed by atoms with Crippen LogP contribution < -0.4 is 11.0 Å². The van der Waals surface area contributed by atoms with Gasteiger partial charge in [-0.25, -0.2) is 4.79 Å². The van der Waals surface area contributed by atoms with Crippen molar-refractivity contribution in [2.75, 3.05) is 5.32 Å². The largest absolute Gasteiger partial charge is 0.506 e. The predicted molar refractivity (Wildman–Crippen MR) is 126 cm³/mol. The molecule has 2 aliphatic rings. The van der Waals surface area contributed by atoms with Crippen LogP contribution in [0.4, 0.5) is 11.5 Å². The van der Waals surface area contributed by atoms with Gasteiger partial charge in [0.25, 0.3) is 0 Å². The number of nitrogens with zero attached hydrogens (tertiary/aromatic N) is 2. The number of fused-ring (bicyclic) bond motifs is 1. The first-order chi connectivity index (χ1) is 15.3. The number of ether oxygens (including phenoxy) is 3. The average molecular weight is 476 g/mol. The summed E-state index contributed by atoms with van der Waals surface area (Å²) in [6.45, 7) is 14.4. The molecule has 10 heteroatoms. The predicted octanol–water partition coefficient (Wildman–Crippen LogP) is 4.09. The van der Waals surface area contributed by atoms with Gasteiger partial charge >= 0.3 is 5.69 Å². The molecule has 33 heavy (non-hydrogen) atoms. The van der Waals surface area contributed by atoms with E-state index in [4.69, 9.17) is 18.6 Å². The number of aromatic nitrogens is 2. The molecule has 0 amide bonds. The first kappa shape index (κ1) is 23.9. The summed E-state index contributed by atoms with van der Waals surface area (Å²) in [5.74, 6) is -0.449. The Morgan fingerprint density at radius 2 is 1.82 bits per heavy atom. The number of anilines is 2. The van der Waals surface area contributed by atoms with Crippen LogP contribution in [0.1, 0.15) is 40.8 Å². The Kier molecular flexibility index (Phi) is 5.94. The van der Waals surface area contributed by atoms with E-state index in [1.54, 1.807) is 36.5 Å². The topological polar surface area (TPSA) is 104 Å². The monoisotopic (exact) mass is 475 g/mol. The molecule has 1 aromatic carbocycles. The van der Waals surface area contributed by atoms with E-state index in [9.17, 15) is 9.90 Å². The molecule has 2 N–H and O–H groups in total. The second-order valence-corrected chi connectivity index (χ2v) is 15.2. The molecule has 1 aromatic heterocycles. The second-order valence-electron chi connectivity index (χ2n) is 10.5. The molecule has 2 aliphatic heterocycles. The first-order valence-corrected chi connectivity index (χ1v) is 14.0. The molecule has 0 spiro atoms. The molecular formula is C23H33N3O6Si. The van der Waals surface area contributed by atoms with Gasteiger partial charge in [-0.3, -0.25) is 4.57 Å². The molecule has 0 saturated carbocycles. The Morgan fingerprint density at radius 1 is 1.15 bits per heavy atom. The van der Waals surface area contributed by atoms with Crippen molar-refractivity contribution in [1.29, 1.82) is 0 Å². The van der Waals surface area contributed by atoms with E-state index in [1.165, 1.54) is 4.57 Å². The van der Waals surface area contributed by atoms with Crippen LogP contribution >= 0.6 is 0 Å². The van der Waals surface area contributed by atoms with Crippen molar-refractivity contribution >= 4 is 19.8 Å². The SMILES string of the molecule is CC1(C)O[C@@H]2[C@@H](O[Si](C)(C)C(C)(C)C)O[C@@H](n3ccc(Nc4ccccc4O)nc3=O)[C@@H]2O1. The van der Waals surface area contributed by atoms with E-state index in [0.29, 0.717) is 11.5 Å². The zero-order chi connectivity index (χ0) is 24.2. The van der Waals surface area contributed by atoms with Gasteiger partial charge in [-0.2, -0.15) is 4.98 Å². The summed E-state index contributed by atoms with van der Waals surface area (Å²) < 4.78 is 26.4. The van der Waals surface area contributed by atoms with Gasteiger partial charge < -0.3 is 29.1 Å². The maximum absolute atomic E-state index is 12.9. The van der Waals surface area contributed by atoms with Crippen molar-refractivity contribution in [3.05, 3.63) is 47.0 Å². The van der Waals surface area contributed by atoms with Crippen molar-refractivity contribution < 1.29 is 23.7 Å². The minimum absolute atomic E-state index is 0.0202. The molecule has 2 fully saturated rings. The molecule has 9 nitrogen and oxygen atoms in total. The Labute approximate surface area is 194 Å². The minimum Gasteiger partial charge on any atom is -0.506 e. The van der Waals surface area contributed by atoms with Crippen LogP contribution in [-0.2, 0) is 18.6 Å². The van der Waals surface area contributed by atoms with Gasteiger partial charge in [0.1, 0.15) is 23.8 Å². The number of nitrogens with one attached hydrogen (secondary N) is 1. The first-order valence-electron chi connectivity index (χ1n) is 11.1. The lowest BCUT2D eigenvalue weighted by Gasteiger charge is -2.39. The summed E-state index contributed by atoms with van der Waals surface area (Å²) in [5.41, 5.74) is -0.0584. The fourth-order valence-electron chi connectivity index (χ4n) is 3.72. The van der Waals surface area contributed by atoms with Crippen LogP contribution in [0.2, 0.25) is 18.1 Å². The third-order valence-corrected chi connectivity index (χ3v) is 10.9. The highest BCUT2D eigenvalue weighted by molar-refractivity contribution is 6.74. The van der Waals surface area contributed by atoms with Gasteiger partial charge in [0, 0.05) is 6.20 Å². The zero-order valence-electron chi connectivity index (χ0n) is 20.2. The zero-order valence-corrected chi connectivity index (χ0v) is 21.2. The molecule has 0 bridgehead atoms. The van der Waals surface area contributed by atoms with Crippen LogP contribution in [0.15, 0.2) is 41.3 Å². The number of benzene rings is 1. The quantitative estimate of drug-likeness (QED) is 0.492. The summed E-state index contributed by atoms with van der Waals surface area (Å²) in [7, 11) is -2.18. The van der Waals surface area contributed by atoms with Crippen LogP contribution in [0.3, 0.4) is 0 Å². The molecule has 4 rings (SSSR count). The Morgan fingerprint density at radius 3 is 2.45 bits per heavy atom. The van der Waals surface area contributed by atoms with Gasteiger partial charge in [-0.1, -0.05) is 32.9 Å². The third-order valence-electron chi connectivity index (χ3n) is 6.47. The molecule has 3 heterocycles. The van der Waals surface area contributed by atoms with Crippen LogP contribution in [0.25, 0.3) is 0 Å². The van der Waals surface area contributed by atoms with E-state index in [0.717, 1.165) is 0 Å². The molecule has 0 unspecified atom stereocenters. The van der Waals surface area contributed by atoms with Crippen molar-refractivity contribution in [1.82, 2.24) is 9.55 Å². The van der Waals surface area contributed by atoms with Gasteiger partial charge in [0.2, 0.25) is 0 Å². The smallest absolute Gasteiger partial charge is 0.351 e. The maximum Gasteiger partial charge on any atom is 0.351 e. The minimum atomic E-state index is -2.18. The highest BCUT2D eigenvalue weighted by Crippen LogP contribution is 2.46.